The number of piperidine rings is 1. The molecule has 1 aromatic heterocycles. The summed E-state index contributed by atoms with van der Waals surface area (Å²) in [5, 5.41) is 4.17. The monoisotopic (exact) mass is 354 g/mol. The van der Waals surface area contributed by atoms with E-state index < -0.39 is 0 Å². The van der Waals surface area contributed by atoms with E-state index in [9.17, 15) is 9.59 Å². The summed E-state index contributed by atoms with van der Waals surface area (Å²) in [4.78, 5) is 28.6. The summed E-state index contributed by atoms with van der Waals surface area (Å²) in [6.07, 6.45) is 3.46. The third-order valence-corrected chi connectivity index (χ3v) is 5.97. The first kappa shape index (κ1) is 16.3. The lowest BCUT2D eigenvalue weighted by Crippen LogP contribution is -2.47. The normalized spacial score (nSPS) is 18.8. The number of thiophene rings is 1. The molecule has 2 aliphatic heterocycles. The summed E-state index contributed by atoms with van der Waals surface area (Å²) in [5.74, 6) is 0.386. The van der Waals surface area contributed by atoms with Crippen LogP contribution in [0, 0.1) is 0 Å². The minimum Gasteiger partial charge on any atom is -0.340 e. The highest BCUT2D eigenvalue weighted by atomic mass is 32.1. The highest BCUT2D eigenvalue weighted by Crippen LogP contribution is 2.25. The van der Waals surface area contributed by atoms with Gasteiger partial charge in [-0.3, -0.25) is 9.59 Å². The SMILES string of the molecule is O=C(c1ccc(-c2ccsc2)cc1)N1CCC(N2CCCC2=O)CC1. The average Bonchev–Trinajstić information content (AvgIpc) is 3.33. The Morgan fingerprint density at radius 2 is 1.76 bits per heavy atom. The van der Waals surface area contributed by atoms with Gasteiger partial charge in [0.2, 0.25) is 5.91 Å². The molecule has 0 aliphatic carbocycles. The number of benzene rings is 1. The fraction of sp³-hybridized carbons (Fsp3) is 0.400. The van der Waals surface area contributed by atoms with E-state index in [1.54, 1.807) is 11.3 Å². The summed E-state index contributed by atoms with van der Waals surface area (Å²) in [6.45, 7) is 2.36. The van der Waals surface area contributed by atoms with Crippen molar-refractivity contribution in [2.24, 2.45) is 0 Å². The maximum atomic E-state index is 12.7. The lowest BCUT2D eigenvalue weighted by Gasteiger charge is -2.36. The van der Waals surface area contributed by atoms with Crippen molar-refractivity contribution in [1.29, 1.82) is 0 Å². The molecule has 4 rings (SSSR count). The van der Waals surface area contributed by atoms with Gasteiger partial charge in [-0.25, -0.2) is 0 Å². The highest BCUT2D eigenvalue weighted by Gasteiger charge is 2.32. The minimum absolute atomic E-state index is 0.100. The zero-order chi connectivity index (χ0) is 17.2. The Kier molecular flexibility index (Phi) is 4.57. The van der Waals surface area contributed by atoms with E-state index >= 15 is 0 Å². The predicted octanol–water partition coefficient (Wildman–Crippen LogP) is 3.64. The molecule has 2 aromatic rings. The largest absolute Gasteiger partial charge is 0.340 e. The lowest BCUT2D eigenvalue weighted by molar-refractivity contribution is -0.130. The molecule has 3 heterocycles. The van der Waals surface area contributed by atoms with E-state index in [4.69, 9.17) is 0 Å². The summed E-state index contributed by atoms with van der Waals surface area (Å²) in [5.41, 5.74) is 3.08. The number of hydrogen-bond acceptors (Lipinski definition) is 3. The van der Waals surface area contributed by atoms with E-state index in [0.717, 1.165) is 50.0 Å². The first-order valence-corrected chi connectivity index (χ1v) is 9.88. The van der Waals surface area contributed by atoms with Crippen LogP contribution in [-0.4, -0.2) is 47.3 Å². The molecule has 0 atom stereocenters. The molecule has 2 aliphatic rings. The zero-order valence-corrected chi connectivity index (χ0v) is 15.0. The van der Waals surface area contributed by atoms with Crippen molar-refractivity contribution in [3.05, 3.63) is 46.7 Å². The highest BCUT2D eigenvalue weighted by molar-refractivity contribution is 7.08. The fourth-order valence-electron chi connectivity index (χ4n) is 3.85. The number of carbonyl (C=O) groups is 2. The van der Waals surface area contributed by atoms with Gasteiger partial charge in [0.05, 0.1) is 0 Å². The summed E-state index contributed by atoms with van der Waals surface area (Å²) < 4.78 is 0. The quantitative estimate of drug-likeness (QED) is 0.844. The Labute approximate surface area is 152 Å². The van der Waals surface area contributed by atoms with Crippen molar-refractivity contribution in [2.75, 3.05) is 19.6 Å². The molecule has 4 nitrogen and oxygen atoms in total. The average molecular weight is 354 g/mol. The van der Waals surface area contributed by atoms with Gasteiger partial charge < -0.3 is 9.80 Å². The molecule has 0 radical (unpaired) electrons. The number of likely N-dealkylation sites (tertiary alicyclic amines) is 2. The Morgan fingerprint density at radius 3 is 2.36 bits per heavy atom. The molecule has 0 bridgehead atoms. The van der Waals surface area contributed by atoms with Gasteiger partial charge >= 0.3 is 0 Å². The Morgan fingerprint density at radius 1 is 1.00 bits per heavy atom. The third-order valence-electron chi connectivity index (χ3n) is 5.29. The molecule has 5 heteroatoms. The van der Waals surface area contributed by atoms with Gasteiger partial charge in [-0.2, -0.15) is 11.3 Å². The maximum absolute atomic E-state index is 12.7. The van der Waals surface area contributed by atoms with Crippen molar-refractivity contribution in [2.45, 2.75) is 31.7 Å². The number of rotatable bonds is 3. The van der Waals surface area contributed by atoms with E-state index in [1.807, 2.05) is 34.1 Å². The second kappa shape index (κ2) is 7.00. The van der Waals surface area contributed by atoms with E-state index in [0.29, 0.717) is 12.5 Å². The molecule has 0 unspecified atom stereocenters. The molecule has 0 saturated carbocycles. The molecule has 25 heavy (non-hydrogen) atoms. The maximum Gasteiger partial charge on any atom is 0.253 e. The van der Waals surface area contributed by atoms with Gasteiger partial charge in [0.25, 0.3) is 5.91 Å². The van der Waals surface area contributed by atoms with Crippen molar-refractivity contribution in [1.82, 2.24) is 9.80 Å². The van der Waals surface area contributed by atoms with Crippen molar-refractivity contribution in [3.8, 4) is 11.1 Å². The van der Waals surface area contributed by atoms with Crippen LogP contribution in [0.3, 0.4) is 0 Å². The summed E-state index contributed by atoms with van der Waals surface area (Å²) >= 11 is 1.68. The molecule has 2 saturated heterocycles. The first-order chi connectivity index (χ1) is 12.2. The number of amides is 2. The van der Waals surface area contributed by atoms with Crippen LogP contribution in [0.15, 0.2) is 41.1 Å². The second-order valence-corrected chi connectivity index (χ2v) is 7.58. The zero-order valence-electron chi connectivity index (χ0n) is 14.2. The van der Waals surface area contributed by atoms with Crippen molar-refractivity contribution >= 4 is 23.2 Å². The summed E-state index contributed by atoms with van der Waals surface area (Å²) in [7, 11) is 0. The van der Waals surface area contributed by atoms with E-state index in [-0.39, 0.29) is 11.8 Å². The summed E-state index contributed by atoms with van der Waals surface area (Å²) in [6, 6.07) is 10.3. The number of nitrogens with zero attached hydrogens (tertiary/aromatic N) is 2. The molecular formula is C20H22N2O2S. The van der Waals surface area contributed by atoms with Crippen LogP contribution in [0.4, 0.5) is 0 Å². The van der Waals surface area contributed by atoms with E-state index in [2.05, 4.69) is 16.8 Å². The van der Waals surface area contributed by atoms with Crippen molar-refractivity contribution in [3.63, 3.8) is 0 Å². The van der Waals surface area contributed by atoms with Gasteiger partial charge in [-0.15, -0.1) is 0 Å². The lowest BCUT2D eigenvalue weighted by atomic mass is 10.0. The molecule has 2 fully saturated rings. The van der Waals surface area contributed by atoms with Gasteiger partial charge in [-0.1, -0.05) is 12.1 Å². The fourth-order valence-corrected chi connectivity index (χ4v) is 4.52. The molecule has 130 valence electrons. The van der Waals surface area contributed by atoms with Gasteiger partial charge in [0.15, 0.2) is 0 Å². The van der Waals surface area contributed by atoms with Gasteiger partial charge in [0, 0.05) is 37.7 Å². The van der Waals surface area contributed by atoms with Crippen LogP contribution >= 0.6 is 11.3 Å². The second-order valence-electron chi connectivity index (χ2n) is 6.80. The topological polar surface area (TPSA) is 40.6 Å². The van der Waals surface area contributed by atoms with Gasteiger partial charge in [-0.05, 0) is 59.3 Å². The molecule has 0 N–H and O–H groups in total. The Balaban J connectivity index is 1.38. The van der Waals surface area contributed by atoms with Crippen LogP contribution in [0.25, 0.3) is 11.1 Å². The van der Waals surface area contributed by atoms with Crippen molar-refractivity contribution < 1.29 is 9.59 Å². The predicted molar refractivity (Wildman–Crippen MR) is 99.6 cm³/mol. The molecule has 1 aromatic carbocycles. The van der Waals surface area contributed by atoms with Crippen LogP contribution in [0.5, 0.6) is 0 Å². The smallest absolute Gasteiger partial charge is 0.253 e. The standard InChI is InChI=1S/C20H22N2O2S/c23-19-2-1-10-22(19)18-7-11-21(12-8-18)20(24)16-5-3-15(4-6-16)17-9-13-25-14-17/h3-6,9,13-14,18H,1-2,7-8,10-12H2. The van der Waals surface area contributed by atoms with E-state index in [1.165, 1.54) is 5.56 Å². The number of carbonyl (C=O) groups excluding carboxylic acids is 2. The third kappa shape index (κ3) is 3.33. The van der Waals surface area contributed by atoms with Crippen LogP contribution in [0.1, 0.15) is 36.0 Å². The molecule has 2 amide bonds. The van der Waals surface area contributed by atoms with Crippen LogP contribution in [0.2, 0.25) is 0 Å². The number of hydrogen-bond donors (Lipinski definition) is 0. The Bertz CT molecular complexity index is 747. The molecule has 0 spiro atoms. The van der Waals surface area contributed by atoms with Crippen LogP contribution in [-0.2, 0) is 4.79 Å². The minimum atomic E-state index is 0.100. The van der Waals surface area contributed by atoms with Crippen LogP contribution < -0.4 is 0 Å². The first-order valence-electron chi connectivity index (χ1n) is 8.94. The Hall–Kier alpha value is -2.14. The molecular weight excluding hydrogens is 332 g/mol. The van der Waals surface area contributed by atoms with Gasteiger partial charge in [0.1, 0.15) is 0 Å².